The number of alkyl halides is 2. The highest BCUT2D eigenvalue weighted by atomic mass is 35.5. The van der Waals surface area contributed by atoms with Gasteiger partial charge in [-0.05, 0) is 45.2 Å². The first-order chi connectivity index (χ1) is 7.99. The highest BCUT2D eigenvalue weighted by molar-refractivity contribution is 6.66. The van der Waals surface area contributed by atoms with Crippen LogP contribution in [-0.2, 0) is 8.85 Å². The summed E-state index contributed by atoms with van der Waals surface area (Å²) in [6.45, 7) is 9.76. The van der Waals surface area contributed by atoms with Gasteiger partial charge in [0, 0.05) is 24.5 Å². The molecule has 0 saturated carbocycles. The molecule has 0 fully saturated rings. The van der Waals surface area contributed by atoms with Gasteiger partial charge in [-0.2, -0.15) is 0 Å². The molecular formula is C12H26Cl2O2Si. The van der Waals surface area contributed by atoms with Gasteiger partial charge in [-0.25, -0.2) is 0 Å². The fourth-order valence-corrected chi connectivity index (χ4v) is 5.58. The number of hydrogen-bond donors (Lipinski definition) is 0. The Kier molecular flexibility index (Phi) is 10.0. The predicted octanol–water partition coefficient (Wildman–Crippen LogP) is 4.39. The summed E-state index contributed by atoms with van der Waals surface area (Å²) >= 11 is 12.1. The standard InChI is InChI=1S/C12H26Cl2O2Si/c1-5-15-17(4,16-6-2)10-11(3)12(14)8-7-9-13/h11-12H,5-10H2,1-4H3. The van der Waals surface area contributed by atoms with Crippen molar-refractivity contribution in [3.05, 3.63) is 0 Å². The lowest BCUT2D eigenvalue weighted by atomic mass is 10.1. The molecule has 0 saturated heterocycles. The molecule has 2 atom stereocenters. The molecule has 5 heteroatoms. The lowest BCUT2D eigenvalue weighted by Gasteiger charge is -2.30. The Morgan fingerprint density at radius 1 is 1.18 bits per heavy atom. The summed E-state index contributed by atoms with van der Waals surface area (Å²) < 4.78 is 11.7. The maximum absolute atomic E-state index is 6.37. The lowest BCUT2D eigenvalue weighted by molar-refractivity contribution is 0.184. The second-order valence-corrected chi connectivity index (χ2v) is 8.72. The minimum absolute atomic E-state index is 0.168. The van der Waals surface area contributed by atoms with E-state index < -0.39 is 8.56 Å². The van der Waals surface area contributed by atoms with Gasteiger partial charge >= 0.3 is 8.56 Å². The van der Waals surface area contributed by atoms with Crippen LogP contribution in [0.4, 0.5) is 0 Å². The number of halogens is 2. The molecule has 0 heterocycles. The summed E-state index contributed by atoms with van der Waals surface area (Å²) in [5.41, 5.74) is 0. The first-order valence-electron chi connectivity index (χ1n) is 6.47. The molecule has 0 bridgehead atoms. The summed E-state index contributed by atoms with van der Waals surface area (Å²) in [4.78, 5) is 0. The topological polar surface area (TPSA) is 18.5 Å². The molecule has 0 aromatic carbocycles. The zero-order valence-electron chi connectivity index (χ0n) is 11.5. The van der Waals surface area contributed by atoms with E-state index >= 15 is 0 Å². The number of hydrogen-bond acceptors (Lipinski definition) is 2. The Morgan fingerprint density at radius 2 is 1.71 bits per heavy atom. The molecule has 0 rings (SSSR count). The summed E-state index contributed by atoms with van der Waals surface area (Å²) in [6.07, 6.45) is 1.94. The van der Waals surface area contributed by atoms with Gasteiger partial charge in [-0.15, -0.1) is 23.2 Å². The fraction of sp³-hybridized carbons (Fsp3) is 1.00. The zero-order valence-corrected chi connectivity index (χ0v) is 14.0. The maximum atomic E-state index is 6.37. The van der Waals surface area contributed by atoms with E-state index in [1.165, 1.54) is 0 Å². The van der Waals surface area contributed by atoms with Gasteiger partial charge in [0.2, 0.25) is 0 Å². The molecule has 17 heavy (non-hydrogen) atoms. The third-order valence-corrected chi connectivity index (χ3v) is 6.92. The minimum atomic E-state index is -2.03. The van der Waals surface area contributed by atoms with Crippen LogP contribution in [-0.4, -0.2) is 33.0 Å². The largest absolute Gasteiger partial charge is 0.395 e. The van der Waals surface area contributed by atoms with Crippen LogP contribution in [0.1, 0.15) is 33.6 Å². The van der Waals surface area contributed by atoms with Gasteiger partial charge in [0.15, 0.2) is 0 Å². The van der Waals surface area contributed by atoms with Gasteiger partial charge < -0.3 is 8.85 Å². The van der Waals surface area contributed by atoms with Crippen LogP contribution in [0.25, 0.3) is 0 Å². The van der Waals surface area contributed by atoms with Crippen molar-refractivity contribution in [2.45, 2.75) is 51.6 Å². The van der Waals surface area contributed by atoms with Gasteiger partial charge in [0.1, 0.15) is 0 Å². The summed E-state index contributed by atoms with van der Waals surface area (Å²) in [6, 6.07) is 0.950. The number of rotatable bonds is 10. The fourth-order valence-electron chi connectivity index (χ4n) is 2.04. The zero-order chi connectivity index (χ0) is 13.3. The Labute approximate surface area is 117 Å². The molecule has 0 spiro atoms. The van der Waals surface area contributed by atoms with Crippen molar-refractivity contribution >= 4 is 31.8 Å². The Balaban J connectivity index is 4.23. The van der Waals surface area contributed by atoms with E-state index in [4.69, 9.17) is 32.1 Å². The molecule has 104 valence electrons. The van der Waals surface area contributed by atoms with E-state index in [1.807, 2.05) is 13.8 Å². The van der Waals surface area contributed by atoms with Crippen LogP contribution in [0.2, 0.25) is 12.6 Å². The highest BCUT2D eigenvalue weighted by Crippen LogP contribution is 2.27. The van der Waals surface area contributed by atoms with Gasteiger partial charge in [-0.3, -0.25) is 0 Å². The molecule has 0 N–H and O–H groups in total. The maximum Gasteiger partial charge on any atom is 0.335 e. The SMILES string of the molecule is CCO[Si](C)(CC(C)C(Cl)CCCCl)OCC. The Bertz CT molecular complexity index is 187. The van der Waals surface area contributed by atoms with Crippen LogP contribution < -0.4 is 0 Å². The average Bonchev–Trinajstić information content (AvgIpc) is 2.26. The van der Waals surface area contributed by atoms with Crippen molar-refractivity contribution in [3.63, 3.8) is 0 Å². The van der Waals surface area contributed by atoms with E-state index in [0.29, 0.717) is 25.0 Å². The van der Waals surface area contributed by atoms with Crippen LogP contribution in [0.3, 0.4) is 0 Å². The van der Waals surface area contributed by atoms with E-state index in [0.717, 1.165) is 18.9 Å². The molecule has 0 amide bonds. The quantitative estimate of drug-likeness (QED) is 0.440. The van der Waals surface area contributed by atoms with E-state index in [2.05, 4.69) is 13.5 Å². The molecule has 0 aliphatic heterocycles. The Morgan fingerprint density at radius 3 is 2.12 bits per heavy atom. The predicted molar refractivity (Wildman–Crippen MR) is 78.4 cm³/mol. The van der Waals surface area contributed by atoms with E-state index in [-0.39, 0.29) is 5.38 Å². The van der Waals surface area contributed by atoms with Crippen molar-refractivity contribution < 1.29 is 8.85 Å². The second kappa shape index (κ2) is 9.62. The first kappa shape index (κ1) is 17.7. The lowest BCUT2D eigenvalue weighted by Crippen LogP contribution is -2.41. The van der Waals surface area contributed by atoms with Crippen LogP contribution >= 0.6 is 23.2 Å². The van der Waals surface area contributed by atoms with Gasteiger partial charge in [-0.1, -0.05) is 6.92 Å². The van der Waals surface area contributed by atoms with Crippen molar-refractivity contribution in [3.8, 4) is 0 Å². The molecule has 2 unspecified atom stereocenters. The van der Waals surface area contributed by atoms with Crippen molar-refractivity contribution in [1.29, 1.82) is 0 Å². The molecule has 0 aromatic heterocycles. The average molecular weight is 301 g/mol. The molecule has 2 nitrogen and oxygen atoms in total. The normalized spacial score (nSPS) is 15.9. The second-order valence-electron chi connectivity index (χ2n) is 4.53. The van der Waals surface area contributed by atoms with Crippen molar-refractivity contribution in [2.24, 2.45) is 5.92 Å². The van der Waals surface area contributed by atoms with Crippen LogP contribution in [0, 0.1) is 5.92 Å². The van der Waals surface area contributed by atoms with Crippen molar-refractivity contribution in [1.82, 2.24) is 0 Å². The summed E-state index contributed by atoms with van der Waals surface area (Å²) in [5.74, 6) is 1.09. The third kappa shape index (κ3) is 7.68. The minimum Gasteiger partial charge on any atom is -0.395 e. The third-order valence-electron chi connectivity index (χ3n) is 2.82. The molecular weight excluding hydrogens is 275 g/mol. The smallest absolute Gasteiger partial charge is 0.335 e. The molecule has 0 aliphatic carbocycles. The van der Waals surface area contributed by atoms with Gasteiger partial charge in [0.05, 0.1) is 0 Å². The summed E-state index contributed by atoms with van der Waals surface area (Å²) in [7, 11) is -2.03. The Hall–Kier alpha value is 0.717. The van der Waals surface area contributed by atoms with Gasteiger partial charge in [0.25, 0.3) is 0 Å². The van der Waals surface area contributed by atoms with E-state index in [9.17, 15) is 0 Å². The summed E-state index contributed by atoms with van der Waals surface area (Å²) in [5, 5.41) is 0.168. The first-order valence-corrected chi connectivity index (χ1v) is 9.96. The highest BCUT2D eigenvalue weighted by Gasteiger charge is 2.34. The monoisotopic (exact) mass is 300 g/mol. The van der Waals surface area contributed by atoms with Crippen LogP contribution in [0.5, 0.6) is 0 Å². The molecule has 0 aliphatic rings. The molecule has 0 radical (unpaired) electrons. The van der Waals surface area contributed by atoms with E-state index in [1.54, 1.807) is 0 Å². The molecule has 0 aromatic rings. The van der Waals surface area contributed by atoms with Crippen molar-refractivity contribution in [2.75, 3.05) is 19.1 Å². The van der Waals surface area contributed by atoms with Crippen LogP contribution in [0.15, 0.2) is 0 Å².